The Kier molecular flexibility index (Phi) is 7.86. The number of nitrogens with zero attached hydrogens (tertiary/aromatic N) is 8. The molecule has 11 nitrogen and oxygen atoms in total. The lowest BCUT2D eigenvalue weighted by Crippen LogP contribution is -2.39. The molecule has 3 aromatic heterocycles. The number of alkyl halides is 2. The summed E-state index contributed by atoms with van der Waals surface area (Å²) in [5, 5.41) is 19.0. The van der Waals surface area contributed by atoms with Crippen molar-refractivity contribution < 1.29 is 18.3 Å². The van der Waals surface area contributed by atoms with Crippen molar-refractivity contribution in [2.75, 3.05) is 25.0 Å². The van der Waals surface area contributed by atoms with Gasteiger partial charge in [0.05, 0.1) is 17.9 Å². The van der Waals surface area contributed by atoms with Crippen LogP contribution < -0.4 is 5.32 Å². The average molecular weight is 595 g/mol. The number of rotatable bonds is 7. The smallest absolute Gasteiger partial charge is 0.250 e. The van der Waals surface area contributed by atoms with Crippen molar-refractivity contribution in [3.05, 3.63) is 71.1 Å². The van der Waals surface area contributed by atoms with Gasteiger partial charge in [0.25, 0.3) is 5.92 Å². The van der Waals surface area contributed by atoms with Crippen molar-refractivity contribution in [2.24, 2.45) is 0 Å². The normalized spacial score (nSPS) is 18.1. The van der Waals surface area contributed by atoms with Crippen LogP contribution in [0.3, 0.4) is 0 Å². The standard InChI is InChI=1S/C29H32F2N10O.FH/c30-29(31)6-9-39(10-7-29)16-25-23(15-41(37-25)18-27(42)40-8-5-24-26(17-40)36-38-35-24)21-13-32-28(33-14-21)34-22-11-19-3-1-2-4-20(19)12-22;/h1-4,13-15,22H,5-12,16-18H2,(H,32,33,34)(H,35,36,38);1H. The highest BCUT2D eigenvalue weighted by Gasteiger charge is 2.34. The van der Waals surface area contributed by atoms with Gasteiger partial charge in [0.15, 0.2) is 0 Å². The summed E-state index contributed by atoms with van der Waals surface area (Å²) >= 11 is 0. The summed E-state index contributed by atoms with van der Waals surface area (Å²) in [7, 11) is 0. The van der Waals surface area contributed by atoms with Gasteiger partial charge in [-0.15, -0.1) is 5.10 Å². The van der Waals surface area contributed by atoms with E-state index in [1.807, 2.05) is 11.1 Å². The molecule has 1 amide bonds. The third kappa shape index (κ3) is 6.24. The molecular weight excluding hydrogens is 561 g/mol. The minimum absolute atomic E-state index is 0. The first-order valence-electron chi connectivity index (χ1n) is 14.4. The zero-order valence-electron chi connectivity index (χ0n) is 23.5. The zero-order chi connectivity index (χ0) is 28.7. The molecule has 5 heterocycles. The number of nitrogens with one attached hydrogen (secondary N) is 2. The molecule has 14 heteroatoms. The van der Waals surface area contributed by atoms with Crippen LogP contribution in [-0.2, 0) is 43.7 Å². The van der Waals surface area contributed by atoms with Crippen LogP contribution in [0.2, 0.25) is 0 Å². The van der Waals surface area contributed by atoms with Gasteiger partial charge < -0.3 is 10.2 Å². The number of fused-ring (bicyclic) bond motifs is 2. The fourth-order valence-electron chi connectivity index (χ4n) is 6.09. The van der Waals surface area contributed by atoms with Crippen LogP contribution in [0.1, 0.15) is 41.1 Å². The number of hydrogen-bond acceptors (Lipinski definition) is 8. The first-order chi connectivity index (χ1) is 20.4. The van der Waals surface area contributed by atoms with Crippen LogP contribution >= 0.6 is 0 Å². The summed E-state index contributed by atoms with van der Waals surface area (Å²) in [6, 6.07) is 8.67. The highest BCUT2D eigenvalue weighted by Crippen LogP contribution is 2.30. The molecule has 43 heavy (non-hydrogen) atoms. The lowest BCUT2D eigenvalue weighted by atomic mass is 10.1. The number of carbonyl (C=O) groups is 1. The van der Waals surface area contributed by atoms with Crippen molar-refractivity contribution in [1.29, 1.82) is 0 Å². The lowest BCUT2D eigenvalue weighted by Gasteiger charge is -2.31. The van der Waals surface area contributed by atoms with E-state index in [1.54, 1.807) is 22.0 Å². The molecule has 4 aromatic rings. The summed E-state index contributed by atoms with van der Waals surface area (Å²) in [6.07, 6.45) is 7.53. The second kappa shape index (κ2) is 11.7. The number of anilines is 1. The summed E-state index contributed by atoms with van der Waals surface area (Å²) in [6.45, 7) is 2.01. The van der Waals surface area contributed by atoms with Crippen molar-refractivity contribution >= 4 is 11.9 Å². The Morgan fingerprint density at radius 1 is 1.07 bits per heavy atom. The topological polar surface area (TPSA) is 121 Å². The molecule has 0 radical (unpaired) electrons. The molecular formula is C29H33F3N10O. The number of hydrogen-bond donors (Lipinski definition) is 2. The van der Waals surface area contributed by atoms with Gasteiger partial charge in [-0.3, -0.25) is 24.2 Å². The monoisotopic (exact) mass is 594 g/mol. The lowest BCUT2D eigenvalue weighted by molar-refractivity contribution is -0.133. The number of aromatic amines is 1. The number of benzene rings is 1. The number of carbonyl (C=O) groups excluding carboxylic acids is 1. The molecule has 2 N–H and O–H groups in total. The Morgan fingerprint density at radius 3 is 2.51 bits per heavy atom. The van der Waals surface area contributed by atoms with Crippen LogP contribution in [0.5, 0.6) is 0 Å². The quantitative estimate of drug-likeness (QED) is 0.335. The van der Waals surface area contributed by atoms with Gasteiger partial charge in [-0.1, -0.05) is 29.5 Å². The molecule has 7 rings (SSSR count). The second-order valence-electron chi connectivity index (χ2n) is 11.4. The largest absolute Gasteiger partial charge is 0.351 e. The van der Waals surface area contributed by atoms with Crippen molar-refractivity contribution in [1.82, 2.24) is 45.0 Å². The molecule has 0 saturated carbocycles. The van der Waals surface area contributed by atoms with E-state index in [9.17, 15) is 13.6 Å². The summed E-state index contributed by atoms with van der Waals surface area (Å²) < 4.78 is 29.2. The van der Waals surface area contributed by atoms with E-state index in [0.717, 1.165) is 35.4 Å². The van der Waals surface area contributed by atoms with Gasteiger partial charge in [-0.25, -0.2) is 18.7 Å². The molecule has 1 aromatic carbocycles. The molecule has 0 bridgehead atoms. The minimum atomic E-state index is -2.62. The second-order valence-corrected chi connectivity index (χ2v) is 11.4. The fraction of sp³-hybridized carbons (Fsp3) is 0.448. The Morgan fingerprint density at radius 2 is 1.79 bits per heavy atom. The van der Waals surface area contributed by atoms with Crippen molar-refractivity contribution in [3.8, 4) is 11.1 Å². The number of amides is 1. The minimum Gasteiger partial charge on any atom is -0.351 e. The molecule has 1 fully saturated rings. The van der Waals surface area contributed by atoms with E-state index in [2.05, 4.69) is 55.0 Å². The number of halogens is 3. The van der Waals surface area contributed by atoms with Crippen molar-refractivity contribution in [2.45, 2.75) is 63.7 Å². The van der Waals surface area contributed by atoms with E-state index in [1.165, 1.54) is 11.1 Å². The van der Waals surface area contributed by atoms with Gasteiger partial charge in [0.1, 0.15) is 12.2 Å². The van der Waals surface area contributed by atoms with Crippen LogP contribution in [0.4, 0.5) is 19.4 Å². The number of aromatic nitrogens is 7. The Labute approximate surface area is 246 Å². The predicted molar refractivity (Wildman–Crippen MR) is 152 cm³/mol. The third-order valence-electron chi connectivity index (χ3n) is 8.47. The van der Waals surface area contributed by atoms with E-state index in [0.29, 0.717) is 37.7 Å². The molecule has 3 aliphatic rings. The van der Waals surface area contributed by atoms with Crippen molar-refractivity contribution in [3.63, 3.8) is 0 Å². The maximum absolute atomic E-state index is 13.8. The Hall–Kier alpha value is -4.33. The SMILES string of the molecule is F.O=C(Cn1cc(-c2cnc(NC3Cc4ccccc4C3)nc2)c(CN2CCC(F)(F)CC2)n1)N1CCc2[nH]nnc2C1. The maximum atomic E-state index is 13.8. The van der Waals surface area contributed by atoms with Gasteiger partial charge in [0, 0.05) is 81.2 Å². The molecule has 2 aliphatic heterocycles. The molecule has 1 aliphatic carbocycles. The van der Waals surface area contributed by atoms with Gasteiger partial charge >= 0.3 is 0 Å². The van der Waals surface area contributed by atoms with E-state index in [4.69, 9.17) is 5.10 Å². The summed E-state index contributed by atoms with van der Waals surface area (Å²) in [5.41, 5.74) is 6.70. The van der Waals surface area contributed by atoms with Crippen LogP contribution in [0.25, 0.3) is 11.1 Å². The summed E-state index contributed by atoms with van der Waals surface area (Å²) in [5.74, 6) is -2.15. The molecule has 0 unspecified atom stereocenters. The summed E-state index contributed by atoms with van der Waals surface area (Å²) in [4.78, 5) is 26.1. The first kappa shape index (κ1) is 28.8. The van der Waals surface area contributed by atoms with E-state index < -0.39 is 5.92 Å². The highest BCUT2D eigenvalue weighted by atomic mass is 19.3. The number of H-pyrrole nitrogens is 1. The predicted octanol–water partition coefficient (Wildman–Crippen LogP) is 3.01. The molecule has 226 valence electrons. The average Bonchev–Trinajstić information content (AvgIpc) is 3.72. The van der Waals surface area contributed by atoms with Gasteiger partial charge in [0.2, 0.25) is 11.9 Å². The fourth-order valence-corrected chi connectivity index (χ4v) is 6.09. The maximum Gasteiger partial charge on any atom is 0.250 e. The molecule has 0 atom stereocenters. The van der Waals surface area contributed by atoms with Crippen LogP contribution in [0.15, 0.2) is 42.9 Å². The molecule has 1 saturated heterocycles. The van der Waals surface area contributed by atoms with Crippen LogP contribution in [0, 0.1) is 0 Å². The van der Waals surface area contributed by atoms with Crippen LogP contribution in [-0.4, -0.2) is 82.5 Å². The Balaban J connectivity index is 0.00000329. The third-order valence-corrected chi connectivity index (χ3v) is 8.47. The highest BCUT2D eigenvalue weighted by molar-refractivity contribution is 5.76. The number of likely N-dealkylation sites (tertiary alicyclic amines) is 1. The van der Waals surface area contributed by atoms with E-state index in [-0.39, 0.29) is 49.1 Å². The molecule has 0 spiro atoms. The first-order valence-corrected chi connectivity index (χ1v) is 14.4. The zero-order valence-corrected chi connectivity index (χ0v) is 23.5. The van der Waals surface area contributed by atoms with Gasteiger partial charge in [-0.2, -0.15) is 5.10 Å². The van der Waals surface area contributed by atoms with E-state index >= 15 is 0 Å². The van der Waals surface area contributed by atoms with Gasteiger partial charge in [-0.05, 0) is 24.0 Å². The number of piperidine rings is 1. The Bertz CT molecular complexity index is 1550.